The first kappa shape index (κ1) is 17.5. The van der Waals surface area contributed by atoms with Crippen molar-refractivity contribution in [2.24, 2.45) is 5.41 Å². The van der Waals surface area contributed by atoms with E-state index >= 15 is 0 Å². The summed E-state index contributed by atoms with van der Waals surface area (Å²) in [5.74, 6) is -1.00. The smallest absolute Gasteiger partial charge is 0.310 e. The molecule has 6 heteroatoms. The summed E-state index contributed by atoms with van der Waals surface area (Å²) < 4.78 is 0. The number of amides is 2. The minimum Gasteiger partial charge on any atom is -0.481 e. The zero-order valence-electron chi connectivity index (χ0n) is 13.2. The molecule has 1 N–H and O–H groups in total. The fourth-order valence-corrected chi connectivity index (χ4v) is 2.76. The van der Waals surface area contributed by atoms with Crippen molar-refractivity contribution < 1.29 is 19.5 Å². The predicted molar refractivity (Wildman–Crippen MR) is 78.7 cm³/mol. The minimum absolute atomic E-state index is 0.0197. The Morgan fingerprint density at radius 2 is 1.52 bits per heavy atom. The van der Waals surface area contributed by atoms with E-state index in [-0.39, 0.29) is 18.2 Å². The molecule has 1 fully saturated rings. The Hall–Kier alpha value is -1.59. The summed E-state index contributed by atoms with van der Waals surface area (Å²) in [7, 11) is 0. The third-order valence-corrected chi connectivity index (χ3v) is 4.59. The quantitative estimate of drug-likeness (QED) is 0.831. The Morgan fingerprint density at radius 3 is 2.00 bits per heavy atom. The highest BCUT2D eigenvalue weighted by molar-refractivity contribution is 5.85. The van der Waals surface area contributed by atoms with Crippen LogP contribution in [0.5, 0.6) is 0 Å². The number of hydrogen-bond acceptors (Lipinski definition) is 3. The summed E-state index contributed by atoms with van der Waals surface area (Å²) in [4.78, 5) is 38.7. The Labute approximate surface area is 126 Å². The van der Waals surface area contributed by atoms with Crippen LogP contribution in [0.1, 0.15) is 46.5 Å². The van der Waals surface area contributed by atoms with E-state index < -0.39 is 11.4 Å². The highest BCUT2D eigenvalue weighted by Gasteiger charge is 2.38. The SMILES string of the molecule is CCC(CC)(CC(=O)N1CCCN(C(C)=O)CC1)C(=O)O. The van der Waals surface area contributed by atoms with Gasteiger partial charge in [-0.15, -0.1) is 0 Å². The molecular formula is C15H26N2O4. The van der Waals surface area contributed by atoms with Gasteiger partial charge in [0.05, 0.1) is 5.41 Å². The molecule has 0 spiro atoms. The molecule has 2 amide bonds. The normalized spacial score (nSPS) is 16.5. The second-order valence-electron chi connectivity index (χ2n) is 5.71. The van der Waals surface area contributed by atoms with Crippen molar-refractivity contribution in [3.05, 3.63) is 0 Å². The highest BCUT2D eigenvalue weighted by atomic mass is 16.4. The lowest BCUT2D eigenvalue weighted by Crippen LogP contribution is -2.41. The zero-order valence-corrected chi connectivity index (χ0v) is 13.2. The van der Waals surface area contributed by atoms with Gasteiger partial charge in [0.25, 0.3) is 0 Å². The largest absolute Gasteiger partial charge is 0.481 e. The van der Waals surface area contributed by atoms with Gasteiger partial charge in [0.15, 0.2) is 0 Å². The van der Waals surface area contributed by atoms with Gasteiger partial charge in [0.1, 0.15) is 0 Å². The van der Waals surface area contributed by atoms with Gasteiger partial charge in [-0.1, -0.05) is 13.8 Å². The monoisotopic (exact) mass is 298 g/mol. The van der Waals surface area contributed by atoms with E-state index in [0.717, 1.165) is 6.42 Å². The van der Waals surface area contributed by atoms with Crippen molar-refractivity contribution in [3.63, 3.8) is 0 Å². The maximum absolute atomic E-state index is 12.4. The lowest BCUT2D eigenvalue weighted by Gasteiger charge is -2.29. The number of carboxylic acid groups (broad SMARTS) is 1. The maximum atomic E-state index is 12.4. The molecule has 21 heavy (non-hydrogen) atoms. The van der Waals surface area contributed by atoms with Crippen LogP contribution in [0.15, 0.2) is 0 Å². The van der Waals surface area contributed by atoms with Crippen LogP contribution in [-0.4, -0.2) is 58.9 Å². The van der Waals surface area contributed by atoms with Gasteiger partial charge < -0.3 is 14.9 Å². The van der Waals surface area contributed by atoms with Crippen molar-refractivity contribution in [3.8, 4) is 0 Å². The third kappa shape index (κ3) is 4.19. The minimum atomic E-state index is -0.969. The number of carbonyl (C=O) groups is 3. The molecule has 1 aliphatic rings. The Bertz CT molecular complexity index is 404. The Morgan fingerprint density at radius 1 is 1.00 bits per heavy atom. The highest BCUT2D eigenvalue weighted by Crippen LogP contribution is 2.31. The molecule has 1 aliphatic heterocycles. The van der Waals surface area contributed by atoms with Crippen LogP contribution in [0.3, 0.4) is 0 Å². The molecule has 0 aromatic carbocycles. The van der Waals surface area contributed by atoms with Crippen LogP contribution in [-0.2, 0) is 14.4 Å². The standard InChI is InChI=1S/C15H26N2O4/c1-4-15(5-2,14(20)21)11-13(19)17-8-6-7-16(9-10-17)12(3)18/h4-11H2,1-3H3,(H,20,21). The van der Waals surface area contributed by atoms with Crippen molar-refractivity contribution in [1.29, 1.82) is 0 Å². The summed E-state index contributed by atoms with van der Waals surface area (Å²) >= 11 is 0. The van der Waals surface area contributed by atoms with Crippen LogP contribution < -0.4 is 0 Å². The Balaban J connectivity index is 2.71. The van der Waals surface area contributed by atoms with E-state index in [4.69, 9.17) is 0 Å². The molecule has 0 aromatic heterocycles. The molecule has 1 heterocycles. The van der Waals surface area contributed by atoms with Crippen LogP contribution in [0.2, 0.25) is 0 Å². The van der Waals surface area contributed by atoms with Crippen molar-refractivity contribution >= 4 is 17.8 Å². The van der Waals surface area contributed by atoms with Gasteiger partial charge in [0.2, 0.25) is 11.8 Å². The van der Waals surface area contributed by atoms with Crippen molar-refractivity contribution in [2.45, 2.75) is 46.5 Å². The maximum Gasteiger partial charge on any atom is 0.310 e. The summed E-state index contributed by atoms with van der Waals surface area (Å²) in [5.41, 5.74) is -0.969. The summed E-state index contributed by atoms with van der Waals surface area (Å²) in [5, 5.41) is 9.42. The van der Waals surface area contributed by atoms with Crippen LogP contribution >= 0.6 is 0 Å². The van der Waals surface area contributed by atoms with E-state index in [9.17, 15) is 19.5 Å². The van der Waals surface area contributed by atoms with Crippen LogP contribution in [0, 0.1) is 5.41 Å². The van der Waals surface area contributed by atoms with Crippen LogP contribution in [0.4, 0.5) is 0 Å². The number of carboxylic acids is 1. The molecule has 0 bridgehead atoms. The van der Waals surface area contributed by atoms with Crippen molar-refractivity contribution in [2.75, 3.05) is 26.2 Å². The molecule has 1 rings (SSSR count). The molecular weight excluding hydrogens is 272 g/mol. The average Bonchev–Trinajstić information content (AvgIpc) is 2.70. The molecule has 0 aliphatic carbocycles. The molecule has 0 unspecified atom stereocenters. The molecule has 120 valence electrons. The third-order valence-electron chi connectivity index (χ3n) is 4.59. The van der Waals surface area contributed by atoms with E-state index in [1.807, 2.05) is 13.8 Å². The molecule has 0 atom stereocenters. The molecule has 0 aromatic rings. The molecule has 0 radical (unpaired) electrons. The lowest BCUT2D eigenvalue weighted by molar-refractivity contribution is -0.154. The van der Waals surface area contributed by atoms with E-state index in [1.54, 1.807) is 9.80 Å². The number of carbonyl (C=O) groups excluding carboxylic acids is 2. The second-order valence-corrected chi connectivity index (χ2v) is 5.71. The summed E-state index contributed by atoms with van der Waals surface area (Å²) in [6.45, 7) is 7.41. The number of rotatable bonds is 5. The fourth-order valence-electron chi connectivity index (χ4n) is 2.76. The average molecular weight is 298 g/mol. The van der Waals surface area contributed by atoms with Gasteiger partial charge in [0, 0.05) is 39.5 Å². The number of hydrogen-bond donors (Lipinski definition) is 1. The van der Waals surface area contributed by atoms with Gasteiger partial charge >= 0.3 is 5.97 Å². The summed E-state index contributed by atoms with van der Waals surface area (Å²) in [6.07, 6.45) is 1.66. The van der Waals surface area contributed by atoms with E-state index in [2.05, 4.69) is 0 Å². The predicted octanol–water partition coefficient (Wildman–Crippen LogP) is 1.35. The molecule has 0 saturated carbocycles. The van der Waals surface area contributed by atoms with Gasteiger partial charge in [-0.3, -0.25) is 14.4 Å². The number of aliphatic carboxylic acids is 1. The van der Waals surface area contributed by atoms with Gasteiger partial charge in [-0.25, -0.2) is 0 Å². The summed E-state index contributed by atoms with van der Waals surface area (Å²) in [6, 6.07) is 0. The van der Waals surface area contributed by atoms with E-state index in [1.165, 1.54) is 6.92 Å². The first-order valence-corrected chi connectivity index (χ1v) is 7.63. The second kappa shape index (κ2) is 7.43. The first-order chi connectivity index (χ1) is 9.86. The Kier molecular flexibility index (Phi) is 6.18. The molecule has 1 saturated heterocycles. The lowest BCUT2D eigenvalue weighted by atomic mass is 9.79. The molecule has 6 nitrogen and oxygen atoms in total. The number of nitrogens with zero attached hydrogens (tertiary/aromatic N) is 2. The van der Waals surface area contributed by atoms with Gasteiger partial charge in [-0.2, -0.15) is 0 Å². The van der Waals surface area contributed by atoms with Crippen molar-refractivity contribution in [1.82, 2.24) is 9.80 Å². The van der Waals surface area contributed by atoms with Crippen LogP contribution in [0.25, 0.3) is 0 Å². The van der Waals surface area contributed by atoms with E-state index in [0.29, 0.717) is 39.0 Å². The fraction of sp³-hybridized carbons (Fsp3) is 0.800. The van der Waals surface area contributed by atoms with Gasteiger partial charge in [-0.05, 0) is 19.3 Å². The topological polar surface area (TPSA) is 77.9 Å². The zero-order chi connectivity index (χ0) is 16.0. The first-order valence-electron chi connectivity index (χ1n) is 7.63.